The molecule has 0 fully saturated rings. The minimum Gasteiger partial charge on any atom is -0.369 e. The topological polar surface area (TPSA) is 120 Å². The zero-order valence-corrected chi connectivity index (χ0v) is 9.37. The Morgan fingerprint density at radius 2 is 1.89 bits per heavy atom. The molecular weight excluding hydrogens is 236 g/mol. The highest BCUT2D eigenvalue weighted by molar-refractivity contribution is 6.13. The summed E-state index contributed by atoms with van der Waals surface area (Å²) in [7, 11) is 0. The lowest BCUT2D eigenvalue weighted by Gasteiger charge is -2.15. The number of nitrogens with two attached hydrogens (primary N) is 2. The van der Waals surface area contributed by atoms with Gasteiger partial charge in [0.15, 0.2) is 0 Å². The summed E-state index contributed by atoms with van der Waals surface area (Å²) in [4.78, 5) is 27.2. The molecule has 1 aliphatic rings. The maximum Gasteiger partial charge on any atom is 0.315 e. The molecule has 0 aromatic heterocycles. The molecule has 7 heteroatoms. The summed E-state index contributed by atoms with van der Waals surface area (Å²) in [5.41, 5.74) is 11.4. The molecule has 1 aromatic carbocycles. The first-order valence-electron chi connectivity index (χ1n) is 5.24. The van der Waals surface area contributed by atoms with Gasteiger partial charge in [-0.25, -0.2) is 4.79 Å². The van der Waals surface area contributed by atoms with Crippen LogP contribution in [0.4, 0.5) is 4.79 Å². The van der Waals surface area contributed by atoms with Gasteiger partial charge in [0.05, 0.1) is 0 Å². The van der Waals surface area contributed by atoms with E-state index in [1.54, 1.807) is 24.3 Å². The van der Waals surface area contributed by atoms with Crippen LogP contribution in [-0.4, -0.2) is 23.9 Å². The van der Waals surface area contributed by atoms with E-state index in [0.717, 1.165) is 0 Å². The summed E-state index contributed by atoms with van der Waals surface area (Å²) in [6, 6.07) is 8.15. The number of oxime groups is 1. The van der Waals surface area contributed by atoms with E-state index >= 15 is 0 Å². The Morgan fingerprint density at radius 1 is 1.22 bits per heavy atom. The zero-order chi connectivity index (χ0) is 13.1. The molecule has 7 nitrogen and oxygen atoms in total. The van der Waals surface area contributed by atoms with Crippen LogP contribution in [0.5, 0.6) is 0 Å². The first-order valence-corrected chi connectivity index (χ1v) is 5.24. The van der Waals surface area contributed by atoms with E-state index in [-0.39, 0.29) is 0 Å². The van der Waals surface area contributed by atoms with Crippen LogP contribution in [-0.2, 0) is 9.63 Å². The largest absolute Gasteiger partial charge is 0.369 e. The van der Waals surface area contributed by atoms with Crippen molar-refractivity contribution in [2.75, 3.05) is 0 Å². The Morgan fingerprint density at radius 3 is 2.44 bits per heavy atom. The lowest BCUT2D eigenvalue weighted by molar-refractivity contribution is -0.122. The first kappa shape index (κ1) is 11.9. The predicted molar refractivity (Wildman–Crippen MR) is 63.3 cm³/mol. The molecule has 94 valence electrons. The van der Waals surface area contributed by atoms with Crippen LogP contribution in [0.25, 0.3) is 0 Å². The molecule has 0 spiro atoms. The van der Waals surface area contributed by atoms with Crippen LogP contribution < -0.4 is 16.8 Å². The Bertz CT molecular complexity index is 500. The molecule has 18 heavy (non-hydrogen) atoms. The van der Waals surface area contributed by atoms with E-state index in [2.05, 4.69) is 10.5 Å². The van der Waals surface area contributed by atoms with E-state index in [1.807, 2.05) is 6.07 Å². The van der Waals surface area contributed by atoms with Gasteiger partial charge in [-0.15, -0.1) is 0 Å². The minimum absolute atomic E-state index is 0.377. The van der Waals surface area contributed by atoms with Gasteiger partial charge in [0, 0.05) is 5.56 Å². The number of amides is 3. The van der Waals surface area contributed by atoms with Crippen molar-refractivity contribution in [1.29, 1.82) is 0 Å². The maximum absolute atomic E-state index is 11.4. The van der Waals surface area contributed by atoms with Crippen molar-refractivity contribution in [1.82, 2.24) is 5.32 Å². The van der Waals surface area contributed by atoms with Gasteiger partial charge in [-0.05, 0) is 0 Å². The minimum atomic E-state index is -0.963. The molecule has 0 unspecified atom stereocenters. The van der Waals surface area contributed by atoms with Crippen LogP contribution in [0.3, 0.4) is 0 Å². The highest BCUT2D eigenvalue weighted by atomic mass is 16.7. The summed E-state index contributed by atoms with van der Waals surface area (Å²) < 4.78 is 0. The smallest absolute Gasteiger partial charge is 0.315 e. The number of carbonyl (C=O) groups is 2. The van der Waals surface area contributed by atoms with Crippen molar-refractivity contribution < 1.29 is 14.4 Å². The number of primary amides is 2. The molecule has 1 aliphatic heterocycles. The molecule has 0 saturated heterocycles. The Labute approximate surface area is 103 Å². The molecule has 0 saturated carbocycles. The quantitative estimate of drug-likeness (QED) is 0.669. The SMILES string of the molecule is NC(=O)N[C@@H]1ON=C(c2ccccc2)[C@@H]1C(N)=O. The normalized spacial score (nSPS) is 21.9. The fourth-order valence-electron chi connectivity index (χ4n) is 1.75. The summed E-state index contributed by atoms with van der Waals surface area (Å²) in [6.45, 7) is 0. The van der Waals surface area contributed by atoms with Gasteiger partial charge in [0.1, 0.15) is 11.6 Å². The van der Waals surface area contributed by atoms with Crippen LogP contribution >= 0.6 is 0 Å². The van der Waals surface area contributed by atoms with E-state index in [1.165, 1.54) is 0 Å². The number of nitrogens with zero attached hydrogens (tertiary/aromatic N) is 1. The number of benzene rings is 1. The highest BCUT2D eigenvalue weighted by Crippen LogP contribution is 2.21. The molecule has 3 amide bonds. The first-order chi connectivity index (χ1) is 8.59. The van der Waals surface area contributed by atoms with Crippen molar-refractivity contribution in [3.8, 4) is 0 Å². The van der Waals surface area contributed by atoms with Crippen LogP contribution in [0.1, 0.15) is 5.56 Å². The molecule has 5 N–H and O–H groups in total. The van der Waals surface area contributed by atoms with Crippen molar-refractivity contribution in [2.24, 2.45) is 22.5 Å². The Kier molecular flexibility index (Phi) is 3.13. The molecule has 0 radical (unpaired) electrons. The number of nitrogens with one attached hydrogen (secondary N) is 1. The lowest BCUT2D eigenvalue weighted by Crippen LogP contribution is -2.48. The number of hydrogen-bond donors (Lipinski definition) is 3. The summed E-state index contributed by atoms with van der Waals surface area (Å²) >= 11 is 0. The molecule has 1 aromatic rings. The third-order valence-corrected chi connectivity index (χ3v) is 2.52. The average Bonchev–Trinajstić information content (AvgIpc) is 2.73. The second kappa shape index (κ2) is 4.74. The van der Waals surface area contributed by atoms with Gasteiger partial charge in [-0.3, -0.25) is 10.1 Å². The molecule has 2 atom stereocenters. The number of urea groups is 1. The van der Waals surface area contributed by atoms with Crippen LogP contribution in [0.15, 0.2) is 35.5 Å². The van der Waals surface area contributed by atoms with E-state index in [4.69, 9.17) is 16.3 Å². The monoisotopic (exact) mass is 248 g/mol. The lowest BCUT2D eigenvalue weighted by atomic mass is 9.95. The van der Waals surface area contributed by atoms with Crippen molar-refractivity contribution in [2.45, 2.75) is 6.23 Å². The third kappa shape index (κ3) is 2.24. The summed E-state index contributed by atoms with van der Waals surface area (Å²) in [5, 5.41) is 6.06. The second-order valence-corrected chi connectivity index (χ2v) is 3.76. The van der Waals surface area contributed by atoms with Gasteiger partial charge < -0.3 is 16.3 Å². The fraction of sp³-hybridized carbons (Fsp3) is 0.182. The molecule has 0 aliphatic carbocycles. The highest BCUT2D eigenvalue weighted by Gasteiger charge is 2.40. The van der Waals surface area contributed by atoms with Crippen LogP contribution in [0, 0.1) is 5.92 Å². The number of hydrogen-bond acceptors (Lipinski definition) is 4. The predicted octanol–water partition coefficient (Wildman–Crippen LogP) is -0.483. The zero-order valence-electron chi connectivity index (χ0n) is 9.37. The third-order valence-electron chi connectivity index (χ3n) is 2.52. The van der Waals surface area contributed by atoms with E-state index in [9.17, 15) is 9.59 Å². The maximum atomic E-state index is 11.4. The van der Waals surface area contributed by atoms with Crippen LogP contribution in [0.2, 0.25) is 0 Å². The molecule has 2 rings (SSSR count). The summed E-state index contributed by atoms with van der Waals surface area (Å²) in [5.74, 6) is -1.51. The van der Waals surface area contributed by atoms with E-state index < -0.39 is 24.1 Å². The van der Waals surface area contributed by atoms with Gasteiger partial charge >= 0.3 is 6.03 Å². The molecular formula is C11H12N4O3. The standard InChI is InChI=1S/C11H12N4O3/c12-9(16)7-8(6-4-2-1-3-5-6)15-18-10(7)14-11(13)17/h1-5,7,10H,(H2,12,16)(H3,13,14,17)/t7-,10-/m1/s1. The average molecular weight is 248 g/mol. The second-order valence-electron chi connectivity index (χ2n) is 3.76. The molecule has 1 heterocycles. The van der Waals surface area contributed by atoms with Gasteiger partial charge in [-0.2, -0.15) is 0 Å². The van der Waals surface area contributed by atoms with Gasteiger partial charge in [0.2, 0.25) is 12.1 Å². The Hall–Kier alpha value is -2.57. The number of rotatable bonds is 3. The van der Waals surface area contributed by atoms with E-state index in [0.29, 0.717) is 11.3 Å². The fourth-order valence-corrected chi connectivity index (χ4v) is 1.75. The van der Waals surface area contributed by atoms with Crippen molar-refractivity contribution >= 4 is 17.6 Å². The van der Waals surface area contributed by atoms with Gasteiger partial charge in [0.25, 0.3) is 0 Å². The molecule has 0 bridgehead atoms. The Balaban J connectivity index is 2.27. The summed E-state index contributed by atoms with van der Waals surface area (Å²) in [6.07, 6.45) is -0.963. The number of carbonyl (C=O) groups excluding carboxylic acids is 2. The van der Waals surface area contributed by atoms with Gasteiger partial charge in [-0.1, -0.05) is 35.5 Å². The van der Waals surface area contributed by atoms with Crippen molar-refractivity contribution in [3.05, 3.63) is 35.9 Å². The van der Waals surface area contributed by atoms with Crippen molar-refractivity contribution in [3.63, 3.8) is 0 Å².